The lowest BCUT2D eigenvalue weighted by atomic mass is 10.0. The van der Waals surface area contributed by atoms with Crippen LogP contribution in [0.4, 0.5) is 0 Å². The first-order chi connectivity index (χ1) is 13.0. The highest BCUT2D eigenvalue weighted by Crippen LogP contribution is 2.38. The third-order valence-electron chi connectivity index (χ3n) is 5.19. The minimum Gasteiger partial charge on any atom is -0.493 e. The smallest absolute Gasteiger partial charge is 0.161 e. The molecule has 1 aromatic carbocycles. The van der Waals surface area contributed by atoms with Crippen molar-refractivity contribution in [2.45, 2.75) is 59.5 Å². The van der Waals surface area contributed by atoms with Crippen LogP contribution in [0.1, 0.15) is 62.2 Å². The Morgan fingerprint density at radius 1 is 1.30 bits per heavy atom. The standard InChI is InChI=1S/C22H32N2O3/c1-6-19-22(16(4)23-27-19)18-8-7-11-24(18)13-17-9-10-20(21(12-17)25-5)26-14-15(2)3/h9-10,12,15,18H,6-8,11,13-14H2,1-5H3/t18-/m0/s1. The molecule has 0 saturated carbocycles. The van der Waals surface area contributed by atoms with Gasteiger partial charge in [-0.05, 0) is 49.9 Å². The molecule has 3 rings (SSSR count). The molecule has 2 heterocycles. The second-order valence-corrected chi connectivity index (χ2v) is 7.78. The van der Waals surface area contributed by atoms with Crippen LogP contribution in [0.2, 0.25) is 0 Å². The van der Waals surface area contributed by atoms with Gasteiger partial charge in [-0.3, -0.25) is 4.90 Å². The van der Waals surface area contributed by atoms with Crippen molar-refractivity contribution in [2.24, 2.45) is 5.92 Å². The Morgan fingerprint density at radius 2 is 2.11 bits per heavy atom. The average molecular weight is 373 g/mol. The number of hydrogen-bond donors (Lipinski definition) is 0. The molecule has 0 spiro atoms. The Hall–Kier alpha value is -2.01. The molecule has 0 unspecified atom stereocenters. The summed E-state index contributed by atoms with van der Waals surface area (Å²) >= 11 is 0. The van der Waals surface area contributed by atoms with Crippen LogP contribution in [0.3, 0.4) is 0 Å². The predicted octanol–water partition coefficient (Wildman–Crippen LogP) is 4.93. The van der Waals surface area contributed by atoms with E-state index in [1.807, 2.05) is 6.07 Å². The SMILES string of the molecule is CCc1onc(C)c1[C@@H]1CCCN1Cc1ccc(OCC(C)C)c(OC)c1. The quantitative estimate of drug-likeness (QED) is 0.658. The summed E-state index contributed by atoms with van der Waals surface area (Å²) < 4.78 is 17.0. The third-order valence-corrected chi connectivity index (χ3v) is 5.19. The van der Waals surface area contributed by atoms with E-state index in [0.717, 1.165) is 48.9 Å². The van der Waals surface area contributed by atoms with Crippen molar-refractivity contribution in [2.75, 3.05) is 20.3 Å². The molecule has 0 radical (unpaired) electrons. The van der Waals surface area contributed by atoms with Crippen LogP contribution < -0.4 is 9.47 Å². The average Bonchev–Trinajstić information content (AvgIpc) is 3.25. The highest BCUT2D eigenvalue weighted by Gasteiger charge is 2.31. The van der Waals surface area contributed by atoms with E-state index in [0.29, 0.717) is 18.6 Å². The number of benzene rings is 1. The summed E-state index contributed by atoms with van der Waals surface area (Å²) in [5.74, 6) is 3.13. The van der Waals surface area contributed by atoms with Gasteiger partial charge in [0.2, 0.25) is 0 Å². The van der Waals surface area contributed by atoms with Gasteiger partial charge in [0.25, 0.3) is 0 Å². The van der Waals surface area contributed by atoms with Gasteiger partial charge in [-0.2, -0.15) is 0 Å². The van der Waals surface area contributed by atoms with Crippen molar-refractivity contribution >= 4 is 0 Å². The van der Waals surface area contributed by atoms with Crippen molar-refractivity contribution in [3.8, 4) is 11.5 Å². The Bertz CT molecular complexity index is 754. The summed E-state index contributed by atoms with van der Waals surface area (Å²) in [6.45, 7) is 11.1. The van der Waals surface area contributed by atoms with Crippen LogP contribution >= 0.6 is 0 Å². The zero-order valence-corrected chi connectivity index (χ0v) is 17.2. The van der Waals surface area contributed by atoms with Gasteiger partial charge in [0, 0.05) is 24.6 Å². The van der Waals surface area contributed by atoms with E-state index < -0.39 is 0 Å². The molecule has 1 aliphatic heterocycles. The monoisotopic (exact) mass is 372 g/mol. The Kier molecular flexibility index (Phi) is 6.42. The van der Waals surface area contributed by atoms with Crippen molar-refractivity contribution in [3.63, 3.8) is 0 Å². The fourth-order valence-electron chi connectivity index (χ4n) is 3.87. The number of rotatable bonds is 8. The molecule has 1 atom stereocenters. The van der Waals surface area contributed by atoms with E-state index in [1.165, 1.54) is 17.5 Å². The van der Waals surface area contributed by atoms with Gasteiger partial charge in [-0.15, -0.1) is 0 Å². The van der Waals surface area contributed by atoms with E-state index in [4.69, 9.17) is 14.0 Å². The molecule has 5 heteroatoms. The van der Waals surface area contributed by atoms with Crippen LogP contribution in [0, 0.1) is 12.8 Å². The van der Waals surface area contributed by atoms with Gasteiger partial charge in [-0.1, -0.05) is 32.0 Å². The lowest BCUT2D eigenvalue weighted by molar-refractivity contribution is 0.242. The first-order valence-electron chi connectivity index (χ1n) is 10.0. The number of nitrogens with zero attached hydrogens (tertiary/aromatic N) is 2. The molecule has 0 bridgehead atoms. The zero-order chi connectivity index (χ0) is 19.4. The van der Waals surface area contributed by atoms with E-state index in [-0.39, 0.29) is 0 Å². The minimum atomic E-state index is 0.383. The number of hydrogen-bond acceptors (Lipinski definition) is 5. The topological polar surface area (TPSA) is 47.7 Å². The first-order valence-corrected chi connectivity index (χ1v) is 10.0. The van der Waals surface area contributed by atoms with Gasteiger partial charge >= 0.3 is 0 Å². The van der Waals surface area contributed by atoms with Gasteiger partial charge in [-0.25, -0.2) is 0 Å². The summed E-state index contributed by atoms with van der Waals surface area (Å²) in [6.07, 6.45) is 3.24. The summed E-state index contributed by atoms with van der Waals surface area (Å²) in [6, 6.07) is 6.67. The molecule has 1 fully saturated rings. The molecule has 2 aromatic rings. The molecule has 0 aliphatic carbocycles. The molecular weight excluding hydrogens is 340 g/mol. The summed E-state index contributed by atoms with van der Waals surface area (Å²) in [4.78, 5) is 2.53. The molecular formula is C22H32N2O3. The second-order valence-electron chi connectivity index (χ2n) is 7.78. The summed E-state index contributed by atoms with van der Waals surface area (Å²) in [5, 5.41) is 4.21. The number of aromatic nitrogens is 1. The van der Waals surface area contributed by atoms with Gasteiger partial charge in [0.1, 0.15) is 5.76 Å². The first kappa shape index (κ1) is 19.7. The molecule has 27 heavy (non-hydrogen) atoms. The molecule has 1 aliphatic rings. The maximum atomic E-state index is 5.88. The van der Waals surface area contributed by atoms with Crippen molar-refractivity contribution in [1.82, 2.24) is 10.1 Å². The van der Waals surface area contributed by atoms with E-state index in [1.54, 1.807) is 7.11 Å². The van der Waals surface area contributed by atoms with Crippen LogP contribution in [0.25, 0.3) is 0 Å². The highest BCUT2D eigenvalue weighted by atomic mass is 16.5. The van der Waals surface area contributed by atoms with Crippen LogP contribution in [0.5, 0.6) is 11.5 Å². The van der Waals surface area contributed by atoms with Gasteiger partial charge in [0.05, 0.1) is 19.4 Å². The Labute approximate surface area is 162 Å². The predicted molar refractivity (Wildman–Crippen MR) is 106 cm³/mol. The largest absolute Gasteiger partial charge is 0.493 e. The molecule has 1 saturated heterocycles. The summed E-state index contributed by atoms with van der Waals surface area (Å²) in [5.41, 5.74) is 3.56. The molecule has 1 aromatic heterocycles. The fourth-order valence-corrected chi connectivity index (χ4v) is 3.87. The molecule has 0 amide bonds. The van der Waals surface area contributed by atoms with Crippen LogP contribution in [-0.2, 0) is 13.0 Å². The molecule has 0 N–H and O–H groups in total. The van der Waals surface area contributed by atoms with E-state index in [2.05, 4.69) is 49.9 Å². The van der Waals surface area contributed by atoms with Crippen molar-refractivity contribution in [3.05, 3.63) is 40.8 Å². The lowest BCUT2D eigenvalue weighted by Gasteiger charge is -2.25. The Morgan fingerprint density at radius 3 is 2.81 bits per heavy atom. The van der Waals surface area contributed by atoms with E-state index >= 15 is 0 Å². The summed E-state index contributed by atoms with van der Waals surface area (Å²) in [7, 11) is 1.70. The van der Waals surface area contributed by atoms with Crippen molar-refractivity contribution < 1.29 is 14.0 Å². The van der Waals surface area contributed by atoms with Crippen LogP contribution in [-0.4, -0.2) is 30.3 Å². The maximum absolute atomic E-state index is 5.88. The number of methoxy groups -OCH3 is 1. The van der Waals surface area contributed by atoms with Crippen LogP contribution in [0.15, 0.2) is 22.7 Å². The molecule has 5 nitrogen and oxygen atoms in total. The highest BCUT2D eigenvalue weighted by molar-refractivity contribution is 5.43. The normalized spacial score (nSPS) is 17.6. The van der Waals surface area contributed by atoms with E-state index in [9.17, 15) is 0 Å². The molecule has 148 valence electrons. The minimum absolute atomic E-state index is 0.383. The number of likely N-dealkylation sites (tertiary alicyclic amines) is 1. The number of ether oxygens (including phenoxy) is 2. The third kappa shape index (κ3) is 4.46. The maximum Gasteiger partial charge on any atom is 0.161 e. The second kappa shape index (κ2) is 8.79. The van der Waals surface area contributed by atoms with Crippen molar-refractivity contribution in [1.29, 1.82) is 0 Å². The Balaban J connectivity index is 1.76. The fraction of sp³-hybridized carbons (Fsp3) is 0.591. The van der Waals surface area contributed by atoms with Gasteiger partial charge < -0.3 is 14.0 Å². The zero-order valence-electron chi connectivity index (χ0n) is 17.2. The van der Waals surface area contributed by atoms with Gasteiger partial charge in [0.15, 0.2) is 11.5 Å². The lowest BCUT2D eigenvalue weighted by Crippen LogP contribution is -2.23. The number of aryl methyl sites for hydroxylation is 2.